The second kappa shape index (κ2) is 4.80. The van der Waals surface area contributed by atoms with E-state index in [2.05, 4.69) is 28.5 Å². The third-order valence-electron chi connectivity index (χ3n) is 3.51. The van der Waals surface area contributed by atoms with Gasteiger partial charge in [-0.15, -0.1) is 5.10 Å². The molecule has 0 saturated heterocycles. The average Bonchev–Trinajstić information content (AvgIpc) is 2.82. The number of rotatable bonds is 3. The summed E-state index contributed by atoms with van der Waals surface area (Å²) in [6.07, 6.45) is 6.73. The zero-order valence-electron chi connectivity index (χ0n) is 10.6. The lowest BCUT2D eigenvalue weighted by Crippen LogP contribution is -2.05. The summed E-state index contributed by atoms with van der Waals surface area (Å²) in [7, 11) is 1.87. The predicted octanol–water partition coefficient (Wildman–Crippen LogP) is 2.27. The maximum atomic E-state index is 5.80. The van der Waals surface area contributed by atoms with Crippen LogP contribution < -0.4 is 4.74 Å². The smallest absolute Gasteiger partial charge is 0.132 e. The SMILES string of the molecule is Cn1nncc1COc1ccc2c(c1)CCCC2. The van der Waals surface area contributed by atoms with Crippen LogP contribution in [0, 0.1) is 0 Å². The molecule has 0 radical (unpaired) electrons. The van der Waals surface area contributed by atoms with Crippen LogP contribution in [0.25, 0.3) is 0 Å². The van der Waals surface area contributed by atoms with Gasteiger partial charge in [0.15, 0.2) is 0 Å². The number of hydrogen-bond donors (Lipinski definition) is 0. The van der Waals surface area contributed by atoms with Crippen LogP contribution in [0.1, 0.15) is 29.7 Å². The Morgan fingerprint density at radius 3 is 2.83 bits per heavy atom. The molecule has 1 aliphatic rings. The van der Waals surface area contributed by atoms with Crippen LogP contribution >= 0.6 is 0 Å². The van der Waals surface area contributed by atoms with E-state index >= 15 is 0 Å². The molecule has 3 rings (SSSR count). The summed E-state index contributed by atoms with van der Waals surface area (Å²) in [5, 5.41) is 7.72. The number of benzene rings is 1. The van der Waals surface area contributed by atoms with E-state index in [1.165, 1.54) is 36.8 Å². The zero-order chi connectivity index (χ0) is 12.4. The van der Waals surface area contributed by atoms with Gasteiger partial charge >= 0.3 is 0 Å². The van der Waals surface area contributed by atoms with Crippen LogP contribution in [0.5, 0.6) is 5.75 Å². The predicted molar refractivity (Wildman–Crippen MR) is 68.4 cm³/mol. The van der Waals surface area contributed by atoms with E-state index in [1.54, 1.807) is 10.9 Å². The number of aryl methyl sites for hydroxylation is 3. The molecule has 0 unspecified atom stereocenters. The normalized spacial score (nSPS) is 14.3. The Morgan fingerprint density at radius 1 is 1.22 bits per heavy atom. The van der Waals surface area contributed by atoms with E-state index < -0.39 is 0 Å². The molecule has 0 amide bonds. The first kappa shape index (κ1) is 11.3. The summed E-state index contributed by atoms with van der Waals surface area (Å²) in [5.41, 5.74) is 3.91. The third kappa shape index (κ3) is 2.23. The second-order valence-corrected chi connectivity index (χ2v) is 4.78. The van der Waals surface area contributed by atoms with Crippen molar-refractivity contribution in [1.29, 1.82) is 0 Å². The minimum Gasteiger partial charge on any atom is -0.487 e. The molecule has 4 heteroatoms. The first-order valence-corrected chi connectivity index (χ1v) is 6.41. The van der Waals surface area contributed by atoms with Gasteiger partial charge in [0.2, 0.25) is 0 Å². The standard InChI is InChI=1S/C14H17N3O/c1-17-13(9-15-16-17)10-18-14-7-6-11-4-2-3-5-12(11)8-14/h6-9H,2-5,10H2,1H3. The van der Waals surface area contributed by atoms with E-state index in [-0.39, 0.29) is 0 Å². The highest BCUT2D eigenvalue weighted by Gasteiger charge is 2.10. The number of nitrogens with zero attached hydrogens (tertiary/aromatic N) is 3. The van der Waals surface area contributed by atoms with Gasteiger partial charge in [-0.05, 0) is 48.9 Å². The van der Waals surface area contributed by atoms with Gasteiger partial charge in [-0.25, -0.2) is 4.68 Å². The molecule has 18 heavy (non-hydrogen) atoms. The van der Waals surface area contributed by atoms with Crippen molar-refractivity contribution in [2.24, 2.45) is 7.05 Å². The van der Waals surface area contributed by atoms with Crippen molar-refractivity contribution in [2.75, 3.05) is 0 Å². The van der Waals surface area contributed by atoms with Gasteiger partial charge < -0.3 is 4.74 Å². The zero-order valence-corrected chi connectivity index (χ0v) is 10.6. The lowest BCUT2D eigenvalue weighted by atomic mass is 9.92. The Hall–Kier alpha value is -1.84. The van der Waals surface area contributed by atoms with Crippen LogP contribution in [0.3, 0.4) is 0 Å². The van der Waals surface area contributed by atoms with Crippen LogP contribution in [0.15, 0.2) is 24.4 Å². The Balaban J connectivity index is 1.71. The van der Waals surface area contributed by atoms with E-state index in [4.69, 9.17) is 4.74 Å². The monoisotopic (exact) mass is 243 g/mol. The van der Waals surface area contributed by atoms with Gasteiger partial charge in [0.25, 0.3) is 0 Å². The summed E-state index contributed by atoms with van der Waals surface area (Å²) >= 11 is 0. The van der Waals surface area contributed by atoms with Crippen LogP contribution in [0.4, 0.5) is 0 Å². The Kier molecular flexibility index (Phi) is 3.00. The topological polar surface area (TPSA) is 39.9 Å². The van der Waals surface area contributed by atoms with E-state index in [0.717, 1.165) is 11.4 Å². The molecule has 0 bridgehead atoms. The maximum Gasteiger partial charge on any atom is 0.132 e. The molecule has 0 aliphatic heterocycles. The molecule has 1 aromatic carbocycles. The first-order chi connectivity index (χ1) is 8.83. The number of ether oxygens (including phenoxy) is 1. The maximum absolute atomic E-state index is 5.80. The van der Waals surface area contributed by atoms with Crippen LogP contribution in [0.2, 0.25) is 0 Å². The molecular weight excluding hydrogens is 226 g/mol. The van der Waals surface area contributed by atoms with Gasteiger partial charge in [0, 0.05) is 7.05 Å². The highest BCUT2D eigenvalue weighted by Crippen LogP contribution is 2.25. The van der Waals surface area contributed by atoms with Crippen molar-refractivity contribution in [3.63, 3.8) is 0 Å². The lowest BCUT2D eigenvalue weighted by Gasteiger charge is -2.16. The summed E-state index contributed by atoms with van der Waals surface area (Å²) in [6.45, 7) is 0.516. The van der Waals surface area contributed by atoms with Crippen molar-refractivity contribution in [2.45, 2.75) is 32.3 Å². The van der Waals surface area contributed by atoms with Gasteiger partial charge in [-0.3, -0.25) is 0 Å². The molecule has 0 spiro atoms. The van der Waals surface area contributed by atoms with Crippen LogP contribution in [-0.4, -0.2) is 15.0 Å². The number of hydrogen-bond acceptors (Lipinski definition) is 3. The van der Waals surface area contributed by atoms with Crippen molar-refractivity contribution in [1.82, 2.24) is 15.0 Å². The Bertz CT molecular complexity index is 548. The highest BCUT2D eigenvalue weighted by molar-refractivity contribution is 5.37. The van der Waals surface area contributed by atoms with Crippen molar-refractivity contribution < 1.29 is 4.74 Å². The minimum absolute atomic E-state index is 0.516. The number of fused-ring (bicyclic) bond motifs is 1. The van der Waals surface area contributed by atoms with Gasteiger partial charge in [0.1, 0.15) is 12.4 Å². The van der Waals surface area contributed by atoms with Crippen LogP contribution in [-0.2, 0) is 26.5 Å². The fraction of sp³-hybridized carbons (Fsp3) is 0.429. The van der Waals surface area contributed by atoms with Gasteiger partial charge in [-0.2, -0.15) is 0 Å². The molecule has 0 fully saturated rings. The summed E-state index contributed by atoms with van der Waals surface area (Å²) in [6, 6.07) is 6.44. The van der Waals surface area contributed by atoms with E-state index in [0.29, 0.717) is 6.61 Å². The Labute approximate surface area is 107 Å². The number of aromatic nitrogens is 3. The molecule has 1 heterocycles. The largest absolute Gasteiger partial charge is 0.487 e. The fourth-order valence-corrected chi connectivity index (χ4v) is 2.40. The van der Waals surface area contributed by atoms with Gasteiger partial charge in [-0.1, -0.05) is 11.3 Å². The van der Waals surface area contributed by atoms with E-state index in [1.807, 2.05) is 7.05 Å². The fourth-order valence-electron chi connectivity index (χ4n) is 2.40. The quantitative estimate of drug-likeness (QED) is 0.830. The molecule has 0 N–H and O–H groups in total. The highest BCUT2D eigenvalue weighted by atomic mass is 16.5. The Morgan fingerprint density at radius 2 is 2.06 bits per heavy atom. The molecule has 2 aromatic rings. The van der Waals surface area contributed by atoms with Crippen molar-refractivity contribution in [3.8, 4) is 5.75 Å². The molecule has 0 atom stereocenters. The molecule has 1 aliphatic carbocycles. The second-order valence-electron chi connectivity index (χ2n) is 4.78. The lowest BCUT2D eigenvalue weighted by molar-refractivity contribution is 0.294. The summed E-state index contributed by atoms with van der Waals surface area (Å²) in [4.78, 5) is 0. The molecule has 94 valence electrons. The van der Waals surface area contributed by atoms with Crippen molar-refractivity contribution in [3.05, 3.63) is 41.2 Å². The minimum atomic E-state index is 0.516. The first-order valence-electron chi connectivity index (χ1n) is 6.41. The molecular formula is C14H17N3O. The third-order valence-corrected chi connectivity index (χ3v) is 3.51. The average molecular weight is 243 g/mol. The summed E-state index contributed by atoms with van der Waals surface area (Å²) < 4.78 is 7.53. The molecule has 1 aromatic heterocycles. The molecule has 0 saturated carbocycles. The molecule has 4 nitrogen and oxygen atoms in total. The van der Waals surface area contributed by atoms with Crippen molar-refractivity contribution >= 4 is 0 Å². The van der Waals surface area contributed by atoms with Gasteiger partial charge in [0.05, 0.1) is 11.9 Å². The van der Waals surface area contributed by atoms with E-state index in [9.17, 15) is 0 Å². The summed E-state index contributed by atoms with van der Waals surface area (Å²) in [5.74, 6) is 0.942.